The number of nitrogens with zero attached hydrogens (tertiary/aromatic N) is 1. The number of likely N-dealkylation sites (tertiary alicyclic amines) is 1. The summed E-state index contributed by atoms with van der Waals surface area (Å²) in [7, 11) is 1.91. The Morgan fingerprint density at radius 1 is 1.32 bits per heavy atom. The molecule has 0 spiro atoms. The highest BCUT2D eigenvalue weighted by Crippen LogP contribution is 2.44. The number of nitrogens with one attached hydrogen (secondary N) is 1. The number of likely N-dealkylation sites (N-methyl/N-ethyl adjacent to an activating group) is 1. The fraction of sp³-hybridized carbons (Fsp3) is 0.938. The molecular weight excluding hydrogens is 236 g/mol. The smallest absolute Gasteiger partial charge is 0.239 e. The van der Waals surface area contributed by atoms with Gasteiger partial charge >= 0.3 is 0 Å². The summed E-state index contributed by atoms with van der Waals surface area (Å²) < 4.78 is 0. The molecule has 2 fully saturated rings. The van der Waals surface area contributed by atoms with Crippen molar-refractivity contribution >= 4 is 5.91 Å². The van der Waals surface area contributed by atoms with Gasteiger partial charge in [-0.05, 0) is 50.5 Å². The van der Waals surface area contributed by atoms with Gasteiger partial charge in [-0.25, -0.2) is 0 Å². The van der Waals surface area contributed by atoms with Crippen LogP contribution >= 0.6 is 0 Å². The fourth-order valence-electron chi connectivity index (χ4n) is 4.19. The summed E-state index contributed by atoms with van der Waals surface area (Å²) in [6.45, 7) is 6.60. The van der Waals surface area contributed by atoms with Gasteiger partial charge in [-0.2, -0.15) is 0 Å². The third-order valence-electron chi connectivity index (χ3n) is 4.91. The normalized spacial score (nSPS) is 27.3. The molecular formula is C16H30N2O. The van der Waals surface area contributed by atoms with Crippen molar-refractivity contribution in [1.82, 2.24) is 10.2 Å². The molecule has 1 unspecified atom stereocenters. The highest BCUT2D eigenvalue weighted by Gasteiger charge is 2.39. The van der Waals surface area contributed by atoms with E-state index in [9.17, 15) is 4.79 Å². The van der Waals surface area contributed by atoms with Crippen LogP contribution in [0, 0.1) is 11.3 Å². The minimum absolute atomic E-state index is 0.0613. The summed E-state index contributed by atoms with van der Waals surface area (Å²) in [6.07, 6.45) is 8.77. The summed E-state index contributed by atoms with van der Waals surface area (Å²) in [4.78, 5) is 14.6. The van der Waals surface area contributed by atoms with E-state index in [1.165, 1.54) is 32.1 Å². The Morgan fingerprint density at radius 2 is 2.00 bits per heavy atom. The van der Waals surface area contributed by atoms with Crippen LogP contribution in [0.15, 0.2) is 0 Å². The Labute approximate surface area is 118 Å². The second kappa shape index (κ2) is 6.25. The Kier molecular flexibility index (Phi) is 4.88. The van der Waals surface area contributed by atoms with E-state index >= 15 is 0 Å². The number of carbonyl (C=O) groups excluding carboxylic acids is 1. The van der Waals surface area contributed by atoms with E-state index in [4.69, 9.17) is 0 Å². The Morgan fingerprint density at radius 3 is 2.58 bits per heavy atom. The number of piperidine rings is 1. The number of amides is 1. The molecule has 0 aromatic heterocycles. The first-order valence-corrected chi connectivity index (χ1v) is 8.02. The van der Waals surface area contributed by atoms with Crippen molar-refractivity contribution in [2.24, 2.45) is 11.3 Å². The Balaban J connectivity index is 2.02. The van der Waals surface area contributed by atoms with Crippen LogP contribution in [0.25, 0.3) is 0 Å². The van der Waals surface area contributed by atoms with Crippen molar-refractivity contribution in [1.29, 1.82) is 0 Å². The zero-order chi connectivity index (χ0) is 13.9. The van der Waals surface area contributed by atoms with Crippen molar-refractivity contribution < 1.29 is 4.79 Å². The van der Waals surface area contributed by atoms with Gasteiger partial charge in [0.2, 0.25) is 5.91 Å². The second-order valence-electron chi connectivity index (χ2n) is 7.05. The number of hydrogen-bond donors (Lipinski definition) is 1. The second-order valence-corrected chi connectivity index (χ2v) is 7.05. The lowest BCUT2D eigenvalue weighted by Crippen LogP contribution is -2.52. The maximum Gasteiger partial charge on any atom is 0.239 e. The molecule has 1 saturated heterocycles. The molecule has 19 heavy (non-hydrogen) atoms. The molecule has 3 heteroatoms. The largest absolute Gasteiger partial charge is 0.341 e. The van der Waals surface area contributed by atoms with Crippen LogP contribution in [-0.2, 0) is 4.79 Å². The van der Waals surface area contributed by atoms with E-state index in [1.54, 1.807) is 0 Å². The van der Waals surface area contributed by atoms with Crippen LogP contribution in [0.1, 0.15) is 58.8 Å². The lowest BCUT2D eigenvalue weighted by Gasteiger charge is -2.40. The third kappa shape index (κ3) is 3.50. The zero-order valence-electron chi connectivity index (χ0n) is 12.9. The fourth-order valence-corrected chi connectivity index (χ4v) is 4.19. The van der Waals surface area contributed by atoms with Crippen LogP contribution in [0.4, 0.5) is 0 Å². The van der Waals surface area contributed by atoms with E-state index in [0.717, 1.165) is 31.8 Å². The summed E-state index contributed by atoms with van der Waals surface area (Å²) in [5.41, 5.74) is 0.416. The predicted octanol–water partition coefficient (Wildman–Crippen LogP) is 2.80. The van der Waals surface area contributed by atoms with E-state index in [2.05, 4.69) is 24.1 Å². The van der Waals surface area contributed by atoms with Crippen molar-refractivity contribution in [2.75, 3.05) is 20.1 Å². The molecule has 3 nitrogen and oxygen atoms in total. The highest BCUT2D eigenvalue weighted by atomic mass is 16.2. The molecule has 1 N–H and O–H groups in total. The van der Waals surface area contributed by atoms with Gasteiger partial charge in [-0.3, -0.25) is 4.79 Å². The third-order valence-corrected chi connectivity index (χ3v) is 4.91. The molecule has 0 aromatic rings. The average Bonchev–Trinajstić information content (AvgIpc) is 2.79. The van der Waals surface area contributed by atoms with Gasteiger partial charge in [0.1, 0.15) is 0 Å². The molecule has 1 heterocycles. The molecule has 0 radical (unpaired) electrons. The molecule has 1 atom stereocenters. The van der Waals surface area contributed by atoms with E-state index in [-0.39, 0.29) is 6.04 Å². The SMILES string of the molecule is CNC1CCCN(CC2(CC(C)C)CCCC2)C1=O. The monoisotopic (exact) mass is 266 g/mol. The summed E-state index contributed by atoms with van der Waals surface area (Å²) in [5.74, 6) is 1.07. The van der Waals surface area contributed by atoms with E-state index < -0.39 is 0 Å². The predicted molar refractivity (Wildman–Crippen MR) is 79.0 cm³/mol. The molecule has 2 rings (SSSR count). The van der Waals surface area contributed by atoms with E-state index in [1.807, 2.05) is 7.05 Å². The van der Waals surface area contributed by atoms with Gasteiger partial charge in [0.05, 0.1) is 6.04 Å². The molecule has 0 bridgehead atoms. The molecule has 2 aliphatic rings. The maximum absolute atomic E-state index is 12.4. The summed E-state index contributed by atoms with van der Waals surface area (Å²) in [6, 6.07) is 0.0613. The van der Waals surface area contributed by atoms with Gasteiger partial charge in [0, 0.05) is 13.1 Å². The zero-order valence-corrected chi connectivity index (χ0v) is 12.9. The minimum Gasteiger partial charge on any atom is -0.341 e. The van der Waals surface area contributed by atoms with Crippen LogP contribution in [-0.4, -0.2) is 37.0 Å². The van der Waals surface area contributed by atoms with E-state index in [0.29, 0.717) is 11.3 Å². The summed E-state index contributed by atoms with van der Waals surface area (Å²) >= 11 is 0. The number of rotatable bonds is 5. The summed E-state index contributed by atoms with van der Waals surface area (Å²) in [5, 5.41) is 3.17. The molecule has 110 valence electrons. The highest BCUT2D eigenvalue weighted by molar-refractivity contribution is 5.82. The molecule has 1 aliphatic heterocycles. The Bertz CT molecular complexity index is 308. The van der Waals surface area contributed by atoms with Gasteiger partial charge in [0.15, 0.2) is 0 Å². The molecule has 1 aliphatic carbocycles. The molecule has 1 saturated carbocycles. The van der Waals surface area contributed by atoms with Crippen molar-refractivity contribution in [3.63, 3.8) is 0 Å². The molecule has 1 amide bonds. The lowest BCUT2D eigenvalue weighted by molar-refractivity contribution is -0.137. The standard InChI is InChI=1S/C16H30N2O/c1-13(2)11-16(8-4-5-9-16)12-18-10-6-7-14(17-3)15(18)19/h13-14,17H,4-12H2,1-3H3. The average molecular weight is 266 g/mol. The van der Waals surface area contributed by atoms with Gasteiger partial charge < -0.3 is 10.2 Å². The van der Waals surface area contributed by atoms with Crippen LogP contribution in [0.2, 0.25) is 0 Å². The topological polar surface area (TPSA) is 32.3 Å². The number of carbonyl (C=O) groups is 1. The van der Waals surface area contributed by atoms with Gasteiger partial charge in [-0.15, -0.1) is 0 Å². The maximum atomic E-state index is 12.4. The minimum atomic E-state index is 0.0613. The Hall–Kier alpha value is -0.570. The van der Waals surface area contributed by atoms with Gasteiger partial charge in [-0.1, -0.05) is 26.7 Å². The van der Waals surface area contributed by atoms with Crippen LogP contribution in [0.3, 0.4) is 0 Å². The van der Waals surface area contributed by atoms with Crippen molar-refractivity contribution in [2.45, 2.75) is 64.8 Å². The first-order chi connectivity index (χ1) is 9.06. The van der Waals surface area contributed by atoms with Gasteiger partial charge in [0.25, 0.3) is 0 Å². The first kappa shape index (κ1) is 14.8. The van der Waals surface area contributed by atoms with Crippen LogP contribution < -0.4 is 5.32 Å². The van der Waals surface area contributed by atoms with Crippen molar-refractivity contribution in [3.05, 3.63) is 0 Å². The van der Waals surface area contributed by atoms with Crippen LogP contribution in [0.5, 0.6) is 0 Å². The lowest BCUT2D eigenvalue weighted by atomic mass is 9.77. The number of hydrogen-bond acceptors (Lipinski definition) is 2. The molecule has 0 aromatic carbocycles. The first-order valence-electron chi connectivity index (χ1n) is 8.02. The van der Waals surface area contributed by atoms with Crippen molar-refractivity contribution in [3.8, 4) is 0 Å². The quantitative estimate of drug-likeness (QED) is 0.830.